The molecule has 1 N–H and O–H groups in total. The monoisotopic (exact) mass is 241 g/mol. The van der Waals surface area contributed by atoms with Crippen molar-refractivity contribution in [2.75, 3.05) is 12.3 Å². The normalized spacial score (nSPS) is 36.6. The smallest absolute Gasteiger partial charge is 0.0214 e. The Labute approximate surface area is 105 Å². The molecule has 2 atom stereocenters. The van der Waals surface area contributed by atoms with Gasteiger partial charge in [0.1, 0.15) is 0 Å². The van der Waals surface area contributed by atoms with Gasteiger partial charge in [0.2, 0.25) is 0 Å². The zero-order valence-electron chi connectivity index (χ0n) is 10.9. The lowest BCUT2D eigenvalue weighted by atomic mass is 9.75. The van der Waals surface area contributed by atoms with Gasteiger partial charge in [0.15, 0.2) is 0 Å². The summed E-state index contributed by atoms with van der Waals surface area (Å²) in [6.45, 7) is 6.06. The Bertz CT molecular complexity index is 203. The number of nitrogens with one attached hydrogen (secondary N) is 1. The first-order valence-electron chi connectivity index (χ1n) is 7.09. The second-order valence-electron chi connectivity index (χ2n) is 5.89. The summed E-state index contributed by atoms with van der Waals surface area (Å²) in [5, 5.41) is 4.80. The lowest BCUT2D eigenvalue weighted by molar-refractivity contribution is 0.167. The van der Waals surface area contributed by atoms with Crippen LogP contribution >= 0.6 is 11.8 Å². The predicted octanol–water partition coefficient (Wildman–Crippen LogP) is 3.83. The van der Waals surface area contributed by atoms with E-state index in [9.17, 15) is 0 Å². The summed E-state index contributed by atoms with van der Waals surface area (Å²) in [6.07, 6.45) is 10.0. The maximum Gasteiger partial charge on any atom is 0.0214 e. The van der Waals surface area contributed by atoms with Crippen LogP contribution in [0.2, 0.25) is 0 Å². The van der Waals surface area contributed by atoms with Crippen molar-refractivity contribution in [3.63, 3.8) is 0 Å². The lowest BCUT2D eigenvalue weighted by Gasteiger charge is -2.44. The molecular weight excluding hydrogens is 214 g/mol. The number of hydrogen-bond acceptors (Lipinski definition) is 2. The van der Waals surface area contributed by atoms with E-state index in [1.807, 2.05) is 0 Å². The molecule has 0 aromatic carbocycles. The highest BCUT2D eigenvalue weighted by Gasteiger charge is 2.37. The van der Waals surface area contributed by atoms with Crippen molar-refractivity contribution in [2.45, 2.75) is 69.6 Å². The second-order valence-corrected chi connectivity index (χ2v) is 7.30. The predicted molar refractivity (Wildman–Crippen MR) is 74.1 cm³/mol. The average Bonchev–Trinajstić information content (AvgIpc) is 2.31. The van der Waals surface area contributed by atoms with Gasteiger partial charge < -0.3 is 5.32 Å². The molecule has 0 aromatic heterocycles. The minimum absolute atomic E-state index is 0.466. The summed E-state index contributed by atoms with van der Waals surface area (Å²) in [6, 6.07) is 0. The quantitative estimate of drug-likeness (QED) is 0.806. The maximum atomic E-state index is 3.87. The van der Waals surface area contributed by atoms with Crippen LogP contribution in [0.1, 0.15) is 58.8 Å². The van der Waals surface area contributed by atoms with Crippen molar-refractivity contribution in [2.24, 2.45) is 5.92 Å². The summed E-state index contributed by atoms with van der Waals surface area (Å²) >= 11 is 2.23. The standard InChI is InChI=1S/C14H27NS/c1-12(2)14(8-4-5-9-15-14)11-13-7-3-6-10-16-13/h12-13,15H,3-11H2,1-2H3. The van der Waals surface area contributed by atoms with Crippen molar-refractivity contribution >= 4 is 11.8 Å². The third-order valence-electron chi connectivity index (χ3n) is 4.50. The summed E-state index contributed by atoms with van der Waals surface area (Å²) < 4.78 is 0. The van der Waals surface area contributed by atoms with E-state index in [0.717, 1.165) is 11.2 Å². The van der Waals surface area contributed by atoms with E-state index in [4.69, 9.17) is 0 Å². The molecular formula is C14H27NS. The molecule has 16 heavy (non-hydrogen) atoms. The van der Waals surface area contributed by atoms with Crippen LogP contribution in [0.25, 0.3) is 0 Å². The molecule has 2 aliphatic rings. The van der Waals surface area contributed by atoms with Crippen molar-refractivity contribution in [3.8, 4) is 0 Å². The van der Waals surface area contributed by atoms with Crippen molar-refractivity contribution < 1.29 is 0 Å². The fourth-order valence-electron chi connectivity index (χ4n) is 3.27. The summed E-state index contributed by atoms with van der Waals surface area (Å²) in [5.74, 6) is 2.19. The second kappa shape index (κ2) is 5.77. The van der Waals surface area contributed by atoms with Crippen molar-refractivity contribution in [1.29, 1.82) is 0 Å². The molecule has 2 heteroatoms. The Hall–Kier alpha value is 0.310. The average molecular weight is 241 g/mol. The van der Waals surface area contributed by atoms with Gasteiger partial charge in [0.05, 0.1) is 0 Å². The first-order chi connectivity index (χ1) is 7.73. The number of hydrogen-bond donors (Lipinski definition) is 1. The first kappa shape index (κ1) is 12.8. The third kappa shape index (κ3) is 2.95. The molecule has 0 radical (unpaired) electrons. The van der Waals surface area contributed by atoms with Gasteiger partial charge >= 0.3 is 0 Å². The molecule has 2 rings (SSSR count). The zero-order chi connectivity index (χ0) is 11.4. The van der Waals surface area contributed by atoms with E-state index in [0.29, 0.717) is 5.54 Å². The molecule has 94 valence electrons. The molecule has 0 bridgehead atoms. The van der Waals surface area contributed by atoms with Gasteiger partial charge in [-0.05, 0) is 50.3 Å². The van der Waals surface area contributed by atoms with Gasteiger partial charge in [-0.15, -0.1) is 0 Å². The molecule has 2 fully saturated rings. The van der Waals surface area contributed by atoms with Gasteiger partial charge in [-0.25, -0.2) is 0 Å². The molecule has 0 spiro atoms. The summed E-state index contributed by atoms with van der Waals surface area (Å²) in [7, 11) is 0. The highest BCUT2D eigenvalue weighted by atomic mass is 32.2. The molecule has 0 aromatic rings. The summed E-state index contributed by atoms with van der Waals surface area (Å²) in [5.41, 5.74) is 0.466. The topological polar surface area (TPSA) is 12.0 Å². The van der Waals surface area contributed by atoms with Gasteiger partial charge in [-0.3, -0.25) is 0 Å². The molecule has 2 saturated heterocycles. The fourth-order valence-corrected chi connectivity index (χ4v) is 4.72. The van der Waals surface area contributed by atoms with E-state index >= 15 is 0 Å². The van der Waals surface area contributed by atoms with Crippen LogP contribution in [0.5, 0.6) is 0 Å². The van der Waals surface area contributed by atoms with Crippen LogP contribution in [0.3, 0.4) is 0 Å². The molecule has 0 amide bonds. The van der Waals surface area contributed by atoms with Crippen LogP contribution in [0, 0.1) is 5.92 Å². The lowest BCUT2D eigenvalue weighted by Crippen LogP contribution is -2.54. The number of piperidine rings is 1. The Morgan fingerprint density at radius 2 is 2.12 bits per heavy atom. The Kier molecular flexibility index (Phi) is 4.60. The van der Waals surface area contributed by atoms with Gasteiger partial charge in [0.25, 0.3) is 0 Å². The molecule has 2 heterocycles. The number of rotatable bonds is 3. The van der Waals surface area contributed by atoms with E-state index < -0.39 is 0 Å². The van der Waals surface area contributed by atoms with Gasteiger partial charge in [0, 0.05) is 10.8 Å². The third-order valence-corrected chi connectivity index (χ3v) is 5.90. The number of thioether (sulfide) groups is 1. The Morgan fingerprint density at radius 1 is 1.25 bits per heavy atom. The molecule has 0 saturated carbocycles. The Balaban J connectivity index is 1.95. The molecule has 2 unspecified atom stereocenters. The largest absolute Gasteiger partial charge is 0.311 e. The highest BCUT2D eigenvalue weighted by molar-refractivity contribution is 7.99. The summed E-state index contributed by atoms with van der Waals surface area (Å²) in [4.78, 5) is 0. The Morgan fingerprint density at radius 3 is 2.69 bits per heavy atom. The highest BCUT2D eigenvalue weighted by Crippen LogP contribution is 2.38. The van der Waals surface area contributed by atoms with Gasteiger partial charge in [-0.2, -0.15) is 11.8 Å². The fraction of sp³-hybridized carbons (Fsp3) is 1.00. The van der Waals surface area contributed by atoms with Crippen LogP contribution in [-0.2, 0) is 0 Å². The van der Waals surface area contributed by atoms with E-state index in [1.165, 1.54) is 57.2 Å². The van der Waals surface area contributed by atoms with E-state index in [2.05, 4.69) is 30.9 Å². The van der Waals surface area contributed by atoms with Gasteiger partial charge in [-0.1, -0.05) is 26.7 Å². The SMILES string of the molecule is CC(C)C1(CC2CCCCS2)CCCCN1. The molecule has 0 aliphatic carbocycles. The minimum Gasteiger partial charge on any atom is -0.311 e. The molecule has 2 aliphatic heterocycles. The first-order valence-corrected chi connectivity index (χ1v) is 8.14. The van der Waals surface area contributed by atoms with Crippen LogP contribution in [0.15, 0.2) is 0 Å². The van der Waals surface area contributed by atoms with Crippen molar-refractivity contribution in [1.82, 2.24) is 5.32 Å². The maximum absolute atomic E-state index is 3.87. The van der Waals surface area contributed by atoms with Crippen molar-refractivity contribution in [3.05, 3.63) is 0 Å². The van der Waals surface area contributed by atoms with E-state index in [-0.39, 0.29) is 0 Å². The van der Waals surface area contributed by atoms with Crippen LogP contribution in [0.4, 0.5) is 0 Å². The van der Waals surface area contributed by atoms with E-state index in [1.54, 1.807) is 0 Å². The minimum atomic E-state index is 0.466. The molecule has 1 nitrogen and oxygen atoms in total. The van der Waals surface area contributed by atoms with Crippen LogP contribution < -0.4 is 5.32 Å². The zero-order valence-corrected chi connectivity index (χ0v) is 11.7. The van der Waals surface area contributed by atoms with Crippen LogP contribution in [-0.4, -0.2) is 23.1 Å².